The Kier molecular flexibility index (Phi) is 5.77. The van der Waals surface area contributed by atoms with Crippen molar-refractivity contribution >= 4 is 38.6 Å². The van der Waals surface area contributed by atoms with Crippen LogP contribution in [0.2, 0.25) is 5.02 Å². The molecule has 2 rings (SSSR count). The lowest BCUT2D eigenvalue weighted by molar-refractivity contribution is -0.0375. The van der Waals surface area contributed by atoms with Gasteiger partial charge >= 0.3 is 0 Å². The fourth-order valence-electron chi connectivity index (χ4n) is 2.85. The first-order chi connectivity index (χ1) is 11.5. The van der Waals surface area contributed by atoms with Gasteiger partial charge in [0.25, 0.3) is 10.0 Å². The number of aliphatic imine (C=N–C) groups is 1. The smallest absolute Gasteiger partial charge is 0.256 e. The summed E-state index contributed by atoms with van der Waals surface area (Å²) in [5.74, 6) is 5.96. The fourth-order valence-corrected chi connectivity index (χ4v) is 5.77. The van der Waals surface area contributed by atoms with E-state index in [0.717, 1.165) is 4.41 Å². The van der Waals surface area contributed by atoms with Crippen LogP contribution < -0.4 is 5.84 Å². The summed E-state index contributed by atoms with van der Waals surface area (Å²) in [5, 5.41) is 12.3. The molecule has 0 saturated carbocycles. The topological polar surface area (TPSA) is 99.2 Å². The van der Waals surface area contributed by atoms with Crippen molar-refractivity contribution in [1.82, 2.24) is 9.31 Å². The number of halogens is 1. The molecule has 0 aliphatic carbocycles. The third-order valence-corrected chi connectivity index (χ3v) is 8.13. The van der Waals surface area contributed by atoms with Gasteiger partial charge in [-0.05, 0) is 38.0 Å². The number of aliphatic hydroxyl groups is 1. The van der Waals surface area contributed by atoms with Gasteiger partial charge in [0, 0.05) is 31.2 Å². The van der Waals surface area contributed by atoms with E-state index in [4.69, 9.17) is 17.4 Å². The van der Waals surface area contributed by atoms with Crippen LogP contribution in [0.5, 0.6) is 0 Å². The number of thioether (sulfide) groups is 1. The van der Waals surface area contributed by atoms with Gasteiger partial charge in [-0.2, -0.15) is 0 Å². The van der Waals surface area contributed by atoms with E-state index in [0.29, 0.717) is 21.3 Å². The van der Waals surface area contributed by atoms with E-state index in [1.807, 2.05) is 0 Å². The summed E-state index contributed by atoms with van der Waals surface area (Å²) in [7, 11) is -0.719. The zero-order valence-corrected chi connectivity index (χ0v) is 17.3. The molecule has 3 N–H and O–H groups in total. The fraction of sp³-hybridized carbons (Fsp3) is 0.533. The van der Waals surface area contributed by atoms with Crippen LogP contribution in [0.1, 0.15) is 23.6 Å². The lowest BCUT2D eigenvalue weighted by Gasteiger charge is -2.34. The number of sulfonamides is 1. The Morgan fingerprint density at radius 3 is 2.60 bits per heavy atom. The maximum atomic E-state index is 13.0. The van der Waals surface area contributed by atoms with Gasteiger partial charge in [0.05, 0.1) is 10.6 Å². The lowest BCUT2D eigenvalue weighted by atomic mass is 9.98. The molecule has 1 heterocycles. The number of hydrogen-bond donors (Lipinski definition) is 2. The zero-order chi connectivity index (χ0) is 19.2. The van der Waals surface area contributed by atoms with E-state index in [2.05, 4.69) is 4.99 Å². The second-order valence-corrected chi connectivity index (χ2v) is 9.04. The van der Waals surface area contributed by atoms with Crippen LogP contribution in [-0.4, -0.2) is 54.4 Å². The molecule has 0 radical (unpaired) electrons. The van der Waals surface area contributed by atoms with Gasteiger partial charge in [0.1, 0.15) is 0 Å². The molecule has 25 heavy (non-hydrogen) atoms. The number of hydrazine groups is 1. The normalized spacial score (nSPS) is 23.1. The highest BCUT2D eigenvalue weighted by atomic mass is 35.5. The molecule has 0 bridgehead atoms. The predicted molar refractivity (Wildman–Crippen MR) is 102 cm³/mol. The van der Waals surface area contributed by atoms with Gasteiger partial charge < -0.3 is 10.0 Å². The molecule has 1 aliphatic heterocycles. The van der Waals surface area contributed by atoms with Crippen LogP contribution in [-0.2, 0) is 15.7 Å². The minimum absolute atomic E-state index is 0.0558. The van der Waals surface area contributed by atoms with Crippen LogP contribution in [0.25, 0.3) is 0 Å². The van der Waals surface area contributed by atoms with E-state index >= 15 is 0 Å². The maximum Gasteiger partial charge on any atom is 0.256 e. The molecule has 1 fully saturated rings. The standard InChI is InChI=1S/C15H23ClN4O3S2/c1-6-20(17)25(22,23)13-10(3)12(16)9(2)7-11(13)15(21)8-24-14(18-4)19(15)5/h7,21H,6,8,17H2,1-5H3. The Hall–Kier alpha value is -0.840. The largest absolute Gasteiger partial charge is 0.366 e. The molecule has 1 aromatic rings. The minimum atomic E-state index is -4.02. The summed E-state index contributed by atoms with van der Waals surface area (Å²) < 4.78 is 26.8. The quantitative estimate of drug-likeness (QED) is 0.582. The van der Waals surface area contributed by atoms with Gasteiger partial charge in [0.15, 0.2) is 10.9 Å². The van der Waals surface area contributed by atoms with E-state index in [1.165, 1.54) is 11.8 Å². The monoisotopic (exact) mass is 406 g/mol. The van der Waals surface area contributed by atoms with Crippen LogP contribution in [0.4, 0.5) is 0 Å². The van der Waals surface area contributed by atoms with Gasteiger partial charge in [-0.3, -0.25) is 10.8 Å². The number of benzene rings is 1. The number of nitrogens with two attached hydrogens (primary N) is 1. The molecule has 0 aromatic heterocycles. The second-order valence-electron chi connectivity index (χ2n) is 5.89. The van der Waals surface area contributed by atoms with Gasteiger partial charge in [-0.15, -0.1) is 4.41 Å². The zero-order valence-electron chi connectivity index (χ0n) is 14.9. The maximum absolute atomic E-state index is 13.0. The molecule has 0 spiro atoms. The highest BCUT2D eigenvalue weighted by Crippen LogP contribution is 2.43. The van der Waals surface area contributed by atoms with Gasteiger partial charge in [-0.25, -0.2) is 8.42 Å². The van der Waals surface area contributed by atoms with Crippen molar-refractivity contribution < 1.29 is 13.5 Å². The van der Waals surface area contributed by atoms with E-state index in [-0.39, 0.29) is 22.8 Å². The van der Waals surface area contributed by atoms with Crippen molar-refractivity contribution in [2.45, 2.75) is 31.4 Å². The third kappa shape index (κ3) is 3.17. The number of hydrogen-bond acceptors (Lipinski definition) is 6. The number of rotatable bonds is 4. The average Bonchev–Trinajstić information content (AvgIpc) is 2.86. The summed E-state index contributed by atoms with van der Waals surface area (Å²) >= 11 is 7.66. The van der Waals surface area contributed by atoms with Crippen LogP contribution in [0, 0.1) is 13.8 Å². The van der Waals surface area contributed by atoms with Crippen molar-refractivity contribution in [3.05, 3.63) is 27.8 Å². The summed E-state index contributed by atoms with van der Waals surface area (Å²) in [6, 6.07) is 1.61. The van der Waals surface area contributed by atoms with Crippen LogP contribution in [0.3, 0.4) is 0 Å². The first-order valence-corrected chi connectivity index (χ1v) is 10.5. The number of nitrogens with zero attached hydrogens (tertiary/aromatic N) is 3. The van der Waals surface area contributed by atoms with E-state index < -0.39 is 15.7 Å². The molecule has 10 heteroatoms. The SMILES string of the molecule is CCN(N)S(=O)(=O)c1c(C2(O)CSC(=NC)N2C)cc(C)c(Cl)c1C. The van der Waals surface area contributed by atoms with Crippen molar-refractivity contribution in [2.24, 2.45) is 10.8 Å². The van der Waals surface area contributed by atoms with Crippen LogP contribution in [0.15, 0.2) is 16.0 Å². The van der Waals surface area contributed by atoms with Crippen molar-refractivity contribution in [3.63, 3.8) is 0 Å². The number of amidine groups is 1. The second kappa shape index (κ2) is 7.05. The molecule has 7 nitrogen and oxygen atoms in total. The van der Waals surface area contributed by atoms with E-state index in [9.17, 15) is 13.5 Å². The average molecular weight is 407 g/mol. The molecule has 1 unspecified atom stereocenters. The van der Waals surface area contributed by atoms with Gasteiger partial charge in [-0.1, -0.05) is 23.4 Å². The lowest BCUT2D eigenvalue weighted by Crippen LogP contribution is -2.45. The van der Waals surface area contributed by atoms with Crippen molar-refractivity contribution in [3.8, 4) is 0 Å². The molecule has 0 amide bonds. The summed E-state index contributed by atoms with van der Waals surface area (Å²) in [4.78, 5) is 5.65. The first kappa shape index (κ1) is 20.5. The third-order valence-electron chi connectivity index (χ3n) is 4.37. The Bertz CT molecular complexity index is 829. The van der Waals surface area contributed by atoms with E-state index in [1.54, 1.807) is 45.8 Å². The highest BCUT2D eigenvalue weighted by Gasteiger charge is 2.46. The highest BCUT2D eigenvalue weighted by molar-refractivity contribution is 8.14. The molecule has 1 saturated heterocycles. The van der Waals surface area contributed by atoms with Crippen molar-refractivity contribution in [2.75, 3.05) is 26.4 Å². The summed E-state index contributed by atoms with van der Waals surface area (Å²) in [6.07, 6.45) is 0. The van der Waals surface area contributed by atoms with Gasteiger partial charge in [0.2, 0.25) is 0 Å². The first-order valence-electron chi connectivity index (χ1n) is 7.65. The summed E-state index contributed by atoms with van der Waals surface area (Å²) in [5.41, 5.74) is -0.225. The molecule has 1 aromatic carbocycles. The Morgan fingerprint density at radius 1 is 1.52 bits per heavy atom. The predicted octanol–water partition coefficient (Wildman–Crippen LogP) is 1.65. The van der Waals surface area contributed by atoms with Crippen molar-refractivity contribution in [1.29, 1.82) is 0 Å². The molecular formula is C15H23ClN4O3S2. The molecule has 1 aliphatic rings. The Labute approximate surface area is 157 Å². The summed E-state index contributed by atoms with van der Waals surface area (Å²) in [6.45, 7) is 5.12. The Balaban J connectivity index is 2.84. The molecular weight excluding hydrogens is 384 g/mol. The molecule has 140 valence electrons. The minimum Gasteiger partial charge on any atom is -0.366 e. The molecule has 1 atom stereocenters. The number of aryl methyl sites for hydroxylation is 1. The van der Waals surface area contributed by atoms with Crippen LogP contribution >= 0.6 is 23.4 Å². The Morgan fingerprint density at radius 2 is 2.12 bits per heavy atom.